The lowest BCUT2D eigenvalue weighted by Gasteiger charge is -2.10. The van der Waals surface area contributed by atoms with Gasteiger partial charge in [-0.15, -0.1) is 11.3 Å². The van der Waals surface area contributed by atoms with E-state index in [1.165, 1.54) is 9.88 Å². The lowest BCUT2D eigenvalue weighted by atomic mass is 10.1. The Labute approximate surface area is 121 Å². The van der Waals surface area contributed by atoms with Gasteiger partial charge in [0.15, 0.2) is 5.65 Å². The van der Waals surface area contributed by atoms with E-state index in [2.05, 4.69) is 28.6 Å². The fourth-order valence-corrected chi connectivity index (χ4v) is 3.57. The quantitative estimate of drug-likeness (QED) is 0.725. The summed E-state index contributed by atoms with van der Waals surface area (Å²) in [4.78, 5) is 10.6. The summed E-state index contributed by atoms with van der Waals surface area (Å²) in [7, 11) is 0. The summed E-state index contributed by atoms with van der Waals surface area (Å²) in [5.74, 6) is 1.45. The Balaban J connectivity index is 1.97. The predicted octanol–water partition coefficient (Wildman–Crippen LogP) is 3.29. The number of thiophene rings is 1. The molecule has 1 unspecified atom stereocenters. The van der Waals surface area contributed by atoms with Crippen LogP contribution in [0.1, 0.15) is 23.0 Å². The van der Waals surface area contributed by atoms with Gasteiger partial charge in [-0.1, -0.05) is 0 Å². The van der Waals surface area contributed by atoms with Crippen molar-refractivity contribution in [2.75, 3.05) is 13.2 Å². The van der Waals surface area contributed by atoms with Crippen molar-refractivity contribution in [3.05, 3.63) is 41.2 Å². The Kier molecular flexibility index (Phi) is 2.82. The number of ether oxygens (including phenoxy) is 1. The summed E-state index contributed by atoms with van der Waals surface area (Å²) in [6, 6.07) is 8.26. The van der Waals surface area contributed by atoms with Crippen LogP contribution >= 0.6 is 11.3 Å². The highest BCUT2D eigenvalue weighted by molar-refractivity contribution is 7.14. The highest BCUT2D eigenvalue weighted by Crippen LogP contribution is 2.32. The first kappa shape index (κ1) is 12.1. The molecule has 0 amide bonds. The summed E-state index contributed by atoms with van der Waals surface area (Å²) in [6.45, 7) is 3.71. The lowest BCUT2D eigenvalue weighted by Crippen LogP contribution is -2.07. The number of aryl methyl sites for hydroxylation is 1. The van der Waals surface area contributed by atoms with Gasteiger partial charge in [0.25, 0.3) is 0 Å². The molecule has 1 atom stereocenters. The summed E-state index contributed by atoms with van der Waals surface area (Å²) < 4.78 is 7.73. The van der Waals surface area contributed by atoms with Gasteiger partial charge in [0.1, 0.15) is 16.3 Å². The molecule has 1 fully saturated rings. The minimum atomic E-state index is 0.367. The van der Waals surface area contributed by atoms with Crippen LogP contribution in [0.3, 0.4) is 0 Å². The molecule has 0 spiro atoms. The van der Waals surface area contributed by atoms with Crippen LogP contribution in [0, 0.1) is 6.92 Å². The highest BCUT2D eigenvalue weighted by atomic mass is 32.1. The number of fused-ring (bicyclic) bond motifs is 1. The summed E-state index contributed by atoms with van der Waals surface area (Å²) in [6.07, 6.45) is 2.86. The molecule has 0 aliphatic carbocycles. The molecule has 0 saturated carbocycles. The molecule has 3 aromatic heterocycles. The fraction of sp³-hybridized carbons (Fsp3) is 0.333. The van der Waals surface area contributed by atoms with Crippen LogP contribution in [0.2, 0.25) is 0 Å². The third kappa shape index (κ3) is 1.85. The van der Waals surface area contributed by atoms with Gasteiger partial charge < -0.3 is 4.74 Å². The molecule has 20 heavy (non-hydrogen) atoms. The van der Waals surface area contributed by atoms with Crippen LogP contribution < -0.4 is 0 Å². The molecule has 4 rings (SSSR count). The molecule has 1 saturated heterocycles. The van der Waals surface area contributed by atoms with Crippen LogP contribution in [0.4, 0.5) is 0 Å². The topological polar surface area (TPSA) is 39.9 Å². The molecule has 5 heteroatoms. The second-order valence-electron chi connectivity index (χ2n) is 5.10. The Hall–Kier alpha value is -1.72. The van der Waals surface area contributed by atoms with Gasteiger partial charge in [0, 0.05) is 23.6 Å². The third-order valence-electron chi connectivity index (χ3n) is 3.68. The zero-order chi connectivity index (χ0) is 13.5. The maximum absolute atomic E-state index is 5.53. The first-order valence-corrected chi connectivity index (χ1v) is 7.62. The molecule has 1 aliphatic heterocycles. The smallest absolute Gasteiger partial charge is 0.165 e. The molecule has 4 heterocycles. The van der Waals surface area contributed by atoms with Crippen LogP contribution in [0.15, 0.2) is 30.5 Å². The largest absolute Gasteiger partial charge is 0.381 e. The number of pyridine rings is 1. The van der Waals surface area contributed by atoms with Crippen LogP contribution in [-0.2, 0) is 4.74 Å². The van der Waals surface area contributed by atoms with Gasteiger partial charge in [-0.05, 0) is 37.6 Å². The van der Waals surface area contributed by atoms with E-state index in [-0.39, 0.29) is 0 Å². The van der Waals surface area contributed by atoms with Crippen molar-refractivity contribution in [2.24, 2.45) is 0 Å². The van der Waals surface area contributed by atoms with Gasteiger partial charge in [-0.25, -0.2) is 9.97 Å². The monoisotopic (exact) mass is 285 g/mol. The van der Waals surface area contributed by atoms with Gasteiger partial charge in [0.05, 0.1) is 6.61 Å². The van der Waals surface area contributed by atoms with Crippen LogP contribution in [0.5, 0.6) is 0 Å². The van der Waals surface area contributed by atoms with Crippen molar-refractivity contribution in [1.29, 1.82) is 0 Å². The van der Waals surface area contributed by atoms with E-state index in [0.29, 0.717) is 5.92 Å². The van der Waals surface area contributed by atoms with E-state index >= 15 is 0 Å². The summed E-state index contributed by atoms with van der Waals surface area (Å²) in [5.41, 5.74) is 1.90. The molecule has 1 aliphatic rings. The Morgan fingerprint density at radius 1 is 1.35 bits per heavy atom. The normalized spacial score (nSPS) is 18.9. The lowest BCUT2D eigenvalue weighted by molar-refractivity contribution is 0.193. The predicted molar refractivity (Wildman–Crippen MR) is 79.7 cm³/mol. The molecule has 102 valence electrons. The van der Waals surface area contributed by atoms with E-state index < -0.39 is 0 Å². The molecule has 3 aromatic rings. The van der Waals surface area contributed by atoms with Crippen molar-refractivity contribution in [3.8, 4) is 5.00 Å². The van der Waals surface area contributed by atoms with Gasteiger partial charge in [0.2, 0.25) is 0 Å². The zero-order valence-corrected chi connectivity index (χ0v) is 12.1. The molecule has 0 N–H and O–H groups in total. The van der Waals surface area contributed by atoms with E-state index in [1.807, 2.05) is 18.3 Å². The highest BCUT2D eigenvalue weighted by Gasteiger charge is 2.25. The van der Waals surface area contributed by atoms with Crippen molar-refractivity contribution < 1.29 is 4.74 Å². The number of hydrogen-bond acceptors (Lipinski definition) is 4. The molecular formula is C15H15N3OS. The maximum Gasteiger partial charge on any atom is 0.165 e. The van der Waals surface area contributed by atoms with Crippen molar-refractivity contribution in [3.63, 3.8) is 0 Å². The molecule has 0 radical (unpaired) electrons. The number of imidazole rings is 1. The number of hydrogen-bond donors (Lipinski definition) is 0. The molecule has 0 aromatic carbocycles. The number of nitrogens with zero attached hydrogens (tertiary/aromatic N) is 3. The molecule has 0 bridgehead atoms. The van der Waals surface area contributed by atoms with Gasteiger partial charge >= 0.3 is 0 Å². The minimum absolute atomic E-state index is 0.367. The van der Waals surface area contributed by atoms with Crippen molar-refractivity contribution in [1.82, 2.24) is 14.5 Å². The van der Waals surface area contributed by atoms with Crippen LogP contribution in [-0.4, -0.2) is 27.7 Å². The third-order valence-corrected chi connectivity index (χ3v) is 4.67. The van der Waals surface area contributed by atoms with Crippen molar-refractivity contribution >= 4 is 22.5 Å². The Bertz CT molecular complexity index is 755. The number of rotatable bonds is 2. The average molecular weight is 285 g/mol. The molecular weight excluding hydrogens is 270 g/mol. The summed E-state index contributed by atoms with van der Waals surface area (Å²) in [5, 5.41) is 1.19. The molecule has 4 nitrogen and oxygen atoms in total. The second kappa shape index (κ2) is 4.68. The Morgan fingerprint density at radius 2 is 2.30 bits per heavy atom. The standard InChI is InChI=1S/C15H15N3OS/c1-10-4-5-13(20-10)18-14(11-6-8-19-9-11)17-12-3-2-7-16-15(12)18/h2-5,7,11H,6,8-9H2,1H3. The SMILES string of the molecule is Cc1ccc(-n2c(C3CCOC3)nc3cccnc32)s1. The number of aromatic nitrogens is 3. The average Bonchev–Trinajstić information content (AvgIpc) is 3.16. The Morgan fingerprint density at radius 3 is 3.05 bits per heavy atom. The maximum atomic E-state index is 5.53. The van der Waals surface area contributed by atoms with Crippen LogP contribution in [0.25, 0.3) is 16.2 Å². The van der Waals surface area contributed by atoms with E-state index in [0.717, 1.165) is 36.6 Å². The van der Waals surface area contributed by atoms with E-state index in [1.54, 1.807) is 11.3 Å². The first-order valence-electron chi connectivity index (χ1n) is 6.81. The van der Waals surface area contributed by atoms with Gasteiger partial charge in [-0.2, -0.15) is 0 Å². The van der Waals surface area contributed by atoms with Crippen molar-refractivity contribution in [2.45, 2.75) is 19.3 Å². The van der Waals surface area contributed by atoms with E-state index in [9.17, 15) is 0 Å². The first-order chi connectivity index (χ1) is 9.83. The van der Waals surface area contributed by atoms with E-state index in [4.69, 9.17) is 9.72 Å². The minimum Gasteiger partial charge on any atom is -0.381 e. The zero-order valence-electron chi connectivity index (χ0n) is 11.2. The van der Waals surface area contributed by atoms with Gasteiger partial charge in [-0.3, -0.25) is 4.57 Å². The fourth-order valence-electron chi connectivity index (χ4n) is 2.70. The second-order valence-corrected chi connectivity index (χ2v) is 6.36. The summed E-state index contributed by atoms with van der Waals surface area (Å²) >= 11 is 1.78.